The Morgan fingerprint density at radius 1 is 0.912 bits per heavy atom. The van der Waals surface area contributed by atoms with Gasteiger partial charge in [-0.1, -0.05) is 54.6 Å². The highest BCUT2D eigenvalue weighted by molar-refractivity contribution is 5.94. The summed E-state index contributed by atoms with van der Waals surface area (Å²) in [6.07, 6.45) is 1.97. The average Bonchev–Trinajstić information content (AvgIpc) is 2.89. The highest BCUT2D eigenvalue weighted by Gasteiger charge is 2.19. The van der Waals surface area contributed by atoms with Crippen molar-refractivity contribution in [2.45, 2.75) is 19.0 Å². The molecule has 2 aromatic carbocycles. The molecule has 1 aromatic heterocycles. The fourth-order valence-corrected chi connectivity index (χ4v) is 3.97. The van der Waals surface area contributed by atoms with Crippen molar-refractivity contribution in [3.8, 4) is 0 Å². The van der Waals surface area contributed by atoms with Crippen molar-refractivity contribution in [2.75, 3.05) is 38.1 Å². The van der Waals surface area contributed by atoms with Crippen molar-refractivity contribution < 1.29 is 9.59 Å². The lowest BCUT2D eigenvalue weighted by atomic mass is 10.0. The zero-order valence-corrected chi connectivity index (χ0v) is 19.5. The van der Waals surface area contributed by atoms with Gasteiger partial charge in [0, 0.05) is 44.5 Å². The third kappa shape index (κ3) is 6.42. The Morgan fingerprint density at radius 2 is 1.59 bits per heavy atom. The standard InChI is InChI=1S/C27H31N5O2/c1-31-14-16-32(17-15-31)25-13-12-21(19-28-25)20-29-26(33)18-24(22-8-4-2-5-9-22)30-27(34)23-10-6-3-7-11-23/h2-13,19,24H,14-18,20H2,1H3,(H,29,33)(H,30,34). The van der Waals surface area contributed by atoms with Crippen LogP contribution >= 0.6 is 0 Å². The maximum absolute atomic E-state index is 12.8. The number of benzene rings is 2. The molecule has 34 heavy (non-hydrogen) atoms. The summed E-state index contributed by atoms with van der Waals surface area (Å²) < 4.78 is 0. The summed E-state index contributed by atoms with van der Waals surface area (Å²) >= 11 is 0. The van der Waals surface area contributed by atoms with E-state index in [2.05, 4.69) is 32.5 Å². The molecular formula is C27H31N5O2. The normalized spacial score (nSPS) is 14.9. The SMILES string of the molecule is CN1CCN(c2ccc(CNC(=O)CC(NC(=O)c3ccccc3)c3ccccc3)cn2)CC1. The second-order valence-electron chi connectivity index (χ2n) is 8.60. The predicted octanol–water partition coefficient (Wildman–Crippen LogP) is 3.01. The van der Waals surface area contributed by atoms with E-state index in [1.165, 1.54) is 0 Å². The van der Waals surface area contributed by atoms with Gasteiger partial charge in [0.2, 0.25) is 5.91 Å². The number of nitrogens with zero attached hydrogens (tertiary/aromatic N) is 3. The molecule has 2 heterocycles. The minimum atomic E-state index is -0.424. The first-order valence-electron chi connectivity index (χ1n) is 11.6. The van der Waals surface area contributed by atoms with E-state index in [4.69, 9.17) is 0 Å². The molecular weight excluding hydrogens is 426 g/mol. The van der Waals surface area contributed by atoms with Crippen molar-refractivity contribution in [1.82, 2.24) is 20.5 Å². The highest BCUT2D eigenvalue weighted by Crippen LogP contribution is 2.18. The number of amides is 2. The minimum absolute atomic E-state index is 0.134. The van der Waals surface area contributed by atoms with Crippen LogP contribution in [0.2, 0.25) is 0 Å². The Morgan fingerprint density at radius 3 is 2.24 bits per heavy atom. The number of nitrogens with one attached hydrogen (secondary N) is 2. The highest BCUT2D eigenvalue weighted by atomic mass is 16.2. The van der Waals surface area contributed by atoms with Crippen molar-refractivity contribution in [1.29, 1.82) is 0 Å². The summed E-state index contributed by atoms with van der Waals surface area (Å²) in [6.45, 7) is 4.39. The van der Waals surface area contributed by atoms with Gasteiger partial charge in [0.05, 0.1) is 12.5 Å². The first-order valence-corrected chi connectivity index (χ1v) is 11.6. The molecule has 7 heteroatoms. The molecule has 1 aliphatic rings. The van der Waals surface area contributed by atoms with E-state index < -0.39 is 6.04 Å². The summed E-state index contributed by atoms with van der Waals surface area (Å²) in [5.41, 5.74) is 2.39. The molecule has 7 nitrogen and oxygen atoms in total. The third-order valence-corrected chi connectivity index (χ3v) is 6.06. The number of rotatable bonds is 8. The van der Waals surface area contributed by atoms with Crippen LogP contribution in [0.3, 0.4) is 0 Å². The van der Waals surface area contributed by atoms with Gasteiger partial charge in [-0.25, -0.2) is 4.98 Å². The Kier molecular flexibility index (Phi) is 7.88. The number of hydrogen-bond donors (Lipinski definition) is 2. The summed E-state index contributed by atoms with van der Waals surface area (Å²) in [5.74, 6) is 0.632. The van der Waals surface area contributed by atoms with Crippen molar-refractivity contribution in [3.63, 3.8) is 0 Å². The van der Waals surface area contributed by atoms with Crippen LogP contribution in [-0.2, 0) is 11.3 Å². The molecule has 0 bridgehead atoms. The number of hydrogen-bond acceptors (Lipinski definition) is 5. The number of carbonyl (C=O) groups is 2. The topological polar surface area (TPSA) is 77.6 Å². The van der Waals surface area contributed by atoms with Gasteiger partial charge in [-0.2, -0.15) is 0 Å². The van der Waals surface area contributed by atoms with Crippen LogP contribution in [0.4, 0.5) is 5.82 Å². The van der Waals surface area contributed by atoms with Gasteiger partial charge in [0.25, 0.3) is 5.91 Å². The zero-order chi connectivity index (χ0) is 23.8. The van der Waals surface area contributed by atoms with E-state index in [9.17, 15) is 9.59 Å². The number of aromatic nitrogens is 1. The van der Waals surface area contributed by atoms with E-state index in [1.54, 1.807) is 12.1 Å². The maximum atomic E-state index is 12.8. The van der Waals surface area contributed by atoms with Crippen LogP contribution in [0, 0.1) is 0 Å². The lowest BCUT2D eigenvalue weighted by Gasteiger charge is -2.33. The van der Waals surface area contributed by atoms with Gasteiger partial charge >= 0.3 is 0 Å². The molecule has 1 aliphatic heterocycles. The Labute approximate surface area is 200 Å². The molecule has 0 radical (unpaired) electrons. The number of likely N-dealkylation sites (N-methyl/N-ethyl adjacent to an activating group) is 1. The average molecular weight is 458 g/mol. The maximum Gasteiger partial charge on any atom is 0.251 e. The predicted molar refractivity (Wildman–Crippen MR) is 134 cm³/mol. The van der Waals surface area contributed by atoms with Crippen LogP contribution in [0.1, 0.15) is 33.9 Å². The van der Waals surface area contributed by atoms with Crippen molar-refractivity contribution in [2.24, 2.45) is 0 Å². The summed E-state index contributed by atoms with van der Waals surface area (Å²) in [7, 11) is 2.13. The summed E-state index contributed by atoms with van der Waals surface area (Å²) in [6, 6.07) is 22.2. The number of pyridine rings is 1. The lowest BCUT2D eigenvalue weighted by molar-refractivity contribution is -0.121. The van der Waals surface area contributed by atoms with Crippen LogP contribution < -0.4 is 15.5 Å². The number of anilines is 1. The van der Waals surface area contributed by atoms with E-state index in [-0.39, 0.29) is 18.2 Å². The largest absolute Gasteiger partial charge is 0.354 e. The fourth-order valence-electron chi connectivity index (χ4n) is 3.97. The molecule has 1 unspecified atom stereocenters. The van der Waals surface area contributed by atoms with Crippen LogP contribution in [-0.4, -0.2) is 54.9 Å². The molecule has 3 aromatic rings. The molecule has 4 rings (SSSR count). The smallest absolute Gasteiger partial charge is 0.251 e. The molecule has 1 saturated heterocycles. The summed E-state index contributed by atoms with van der Waals surface area (Å²) in [5, 5.41) is 5.97. The monoisotopic (exact) mass is 457 g/mol. The second kappa shape index (κ2) is 11.4. The van der Waals surface area contributed by atoms with E-state index in [1.807, 2.05) is 66.9 Å². The molecule has 2 N–H and O–H groups in total. The lowest BCUT2D eigenvalue weighted by Crippen LogP contribution is -2.44. The number of piperazine rings is 1. The van der Waals surface area contributed by atoms with Gasteiger partial charge in [0.15, 0.2) is 0 Å². The van der Waals surface area contributed by atoms with E-state index >= 15 is 0 Å². The van der Waals surface area contributed by atoms with Gasteiger partial charge in [-0.15, -0.1) is 0 Å². The van der Waals surface area contributed by atoms with Gasteiger partial charge in [-0.05, 0) is 36.4 Å². The van der Waals surface area contributed by atoms with E-state index in [0.717, 1.165) is 43.1 Å². The zero-order valence-electron chi connectivity index (χ0n) is 19.5. The molecule has 176 valence electrons. The van der Waals surface area contributed by atoms with Crippen LogP contribution in [0.5, 0.6) is 0 Å². The second-order valence-corrected chi connectivity index (χ2v) is 8.60. The quantitative estimate of drug-likeness (QED) is 0.544. The van der Waals surface area contributed by atoms with E-state index in [0.29, 0.717) is 12.1 Å². The molecule has 0 aliphatic carbocycles. The first kappa shape index (κ1) is 23.4. The fraction of sp³-hybridized carbons (Fsp3) is 0.296. The molecule has 2 amide bonds. The minimum Gasteiger partial charge on any atom is -0.354 e. The Balaban J connectivity index is 1.34. The van der Waals surface area contributed by atoms with Gasteiger partial charge in [-0.3, -0.25) is 9.59 Å². The van der Waals surface area contributed by atoms with Gasteiger partial charge in [0.1, 0.15) is 5.82 Å². The Hall–Kier alpha value is -3.71. The summed E-state index contributed by atoms with van der Waals surface area (Å²) in [4.78, 5) is 34.7. The molecule has 1 fully saturated rings. The van der Waals surface area contributed by atoms with Crippen molar-refractivity contribution in [3.05, 3.63) is 95.7 Å². The molecule has 1 atom stereocenters. The van der Waals surface area contributed by atoms with Crippen molar-refractivity contribution >= 4 is 17.6 Å². The molecule has 0 saturated carbocycles. The molecule has 0 spiro atoms. The Bertz CT molecular complexity index is 1070. The van der Waals surface area contributed by atoms with Crippen LogP contribution in [0.25, 0.3) is 0 Å². The third-order valence-electron chi connectivity index (χ3n) is 6.06. The number of carbonyl (C=O) groups excluding carboxylic acids is 2. The van der Waals surface area contributed by atoms with Crippen LogP contribution in [0.15, 0.2) is 79.0 Å². The van der Waals surface area contributed by atoms with Gasteiger partial charge < -0.3 is 20.4 Å². The first-order chi connectivity index (χ1) is 16.6.